The summed E-state index contributed by atoms with van der Waals surface area (Å²) in [5.74, 6) is 0. The van der Waals surface area contributed by atoms with Crippen LogP contribution in [0.4, 0.5) is 0 Å². The molecule has 0 aliphatic heterocycles. The fourth-order valence-corrected chi connectivity index (χ4v) is 0. The minimum absolute atomic E-state index is 0. The van der Waals surface area contributed by atoms with E-state index in [9.17, 15) is 0 Å². The quantitative estimate of drug-likeness (QED) is 0.325. The van der Waals surface area contributed by atoms with Crippen molar-refractivity contribution in [2.24, 2.45) is 0 Å². The molecule has 0 saturated heterocycles. The predicted octanol–water partition coefficient (Wildman–Crippen LogP) is -2.42. The van der Waals surface area contributed by atoms with Crippen molar-refractivity contribution in [3.63, 3.8) is 0 Å². The Bertz CT molecular complexity index is 114. The maximum atomic E-state index is 6.25. The van der Waals surface area contributed by atoms with Crippen LogP contribution in [0.5, 0.6) is 0 Å². The molecule has 0 unspecified atom stereocenters. The van der Waals surface area contributed by atoms with Crippen molar-refractivity contribution in [1.82, 2.24) is 0 Å². The van der Waals surface area contributed by atoms with Crippen LogP contribution in [-0.2, 0) is 26.9 Å². The van der Waals surface area contributed by atoms with E-state index in [1.807, 2.05) is 0 Å². The summed E-state index contributed by atoms with van der Waals surface area (Å²) in [6.45, 7) is 28.5. The Balaban J connectivity index is -0.00000000628. The monoisotopic (exact) mass is 403 g/mol. The Kier molecular flexibility index (Phi) is 389000000. The summed E-state index contributed by atoms with van der Waals surface area (Å²) < 4.78 is 0. The van der Waals surface area contributed by atoms with E-state index in [-0.39, 0.29) is 68.9 Å². The molecule has 0 spiro atoms. The van der Waals surface area contributed by atoms with E-state index in [2.05, 4.69) is 26.9 Å². The third kappa shape index (κ3) is 82900000. The predicted molar refractivity (Wildman–Crippen MR) is 29.8 cm³/mol. The number of nitrogens with zero attached hydrogens (tertiary/aromatic N) is 6. The van der Waals surface area contributed by atoms with Gasteiger partial charge in [-0.1, -0.05) is 0 Å². The molecule has 0 aliphatic rings. The molecule has 0 rings (SSSR count). The van der Waals surface area contributed by atoms with E-state index in [1.165, 1.54) is 0 Å². The first-order chi connectivity index (χ1) is 7.00. The summed E-state index contributed by atoms with van der Waals surface area (Å²) in [6.07, 6.45) is 0. The normalized spacial score (nSPS) is 1.27. The van der Waals surface area contributed by atoms with Gasteiger partial charge in [0.1, 0.15) is 0 Å². The molecule has 0 aromatic carbocycles. The Morgan fingerprint density at radius 1 is 0.467 bits per heavy atom. The third-order valence-electron chi connectivity index (χ3n) is 0. The second-order valence-electron chi connectivity index (χ2n) is 0. The van der Waals surface area contributed by atoms with Crippen LogP contribution in [-0.4, -0.2) is 0 Å². The molecule has 0 atom stereocenters. The molecular weight excluding hydrogens is 404 g/mol. The standard InChI is InChI=1S/6CN.Cs.Fe.Ni/c6*1-2;;;/q6*-1;+1;;. The summed E-state index contributed by atoms with van der Waals surface area (Å²) in [5.41, 5.74) is 0. The van der Waals surface area contributed by atoms with Gasteiger partial charge in [-0.15, -0.1) is 0 Å². The molecule has 0 saturated carbocycles. The first-order valence-electron chi connectivity index (χ1n) is 1.45. The van der Waals surface area contributed by atoms with Gasteiger partial charge < -0.3 is 71.0 Å². The number of rotatable bonds is 0. The van der Waals surface area contributed by atoms with Crippen LogP contribution < -0.4 is 68.9 Å². The zero-order valence-corrected chi connectivity index (χ0v) is 15.7. The Morgan fingerprint density at radius 3 is 0.467 bits per heavy atom. The van der Waals surface area contributed by atoms with E-state index >= 15 is 0 Å². The van der Waals surface area contributed by atoms with Gasteiger partial charge in [-0.05, 0) is 0 Å². The van der Waals surface area contributed by atoms with Crippen LogP contribution >= 0.6 is 0 Å². The molecule has 0 N–H and O–H groups in total. The number of hydrogen-bond acceptors (Lipinski definition) is 6. The van der Waals surface area contributed by atoms with E-state index in [0.29, 0.717) is 0 Å². The van der Waals surface area contributed by atoms with Crippen molar-refractivity contribution in [1.29, 1.82) is 31.6 Å². The fraction of sp³-hybridized carbons (Fsp3) is 0. The van der Waals surface area contributed by atoms with E-state index in [1.54, 1.807) is 0 Å². The molecule has 0 aromatic rings. The van der Waals surface area contributed by atoms with Crippen molar-refractivity contribution in [3.05, 3.63) is 39.4 Å². The van der Waals surface area contributed by atoms with Crippen LogP contribution in [0.2, 0.25) is 0 Å². The summed E-state index contributed by atoms with van der Waals surface area (Å²) in [6, 6.07) is 0. The van der Waals surface area contributed by atoms with E-state index in [0.717, 1.165) is 0 Å². The van der Waals surface area contributed by atoms with Gasteiger partial charge in [0.15, 0.2) is 0 Å². The van der Waals surface area contributed by atoms with Gasteiger partial charge in [-0.2, -0.15) is 0 Å². The molecule has 0 fully saturated rings. The minimum atomic E-state index is 0. The zero-order chi connectivity index (χ0) is 14.0. The van der Waals surface area contributed by atoms with Crippen molar-refractivity contribution >= 4 is 0 Å². The van der Waals surface area contributed by atoms with Crippen LogP contribution in [0, 0.1) is 71.0 Å². The SMILES string of the molecule is [C-]#N.[C-]#N.[C-]#N.[C-]#N.[C-]#N.[C-]#N.[Cs+].[Fe]=[Ni]. The molecule has 15 heavy (non-hydrogen) atoms. The van der Waals surface area contributed by atoms with Gasteiger partial charge in [0.05, 0.1) is 0 Å². The van der Waals surface area contributed by atoms with E-state index in [4.69, 9.17) is 71.0 Å². The van der Waals surface area contributed by atoms with Crippen molar-refractivity contribution in [3.8, 4) is 0 Å². The van der Waals surface area contributed by atoms with Gasteiger partial charge in [-0.25, -0.2) is 0 Å². The third-order valence-corrected chi connectivity index (χ3v) is 0. The second kappa shape index (κ2) is 97300000. The first-order valence-corrected chi connectivity index (χ1v) is 3.24. The molecule has 78 valence electrons. The molecule has 0 radical (unpaired) electrons. The molecule has 0 bridgehead atoms. The molecule has 0 aliphatic carbocycles. The Labute approximate surface area is 163 Å². The molecule has 0 heterocycles. The summed E-state index contributed by atoms with van der Waals surface area (Å²) in [5, 5.41) is 37.5. The average molecular weight is 404 g/mol. The van der Waals surface area contributed by atoms with Crippen molar-refractivity contribution in [2.75, 3.05) is 0 Å². The summed E-state index contributed by atoms with van der Waals surface area (Å²) in [4.78, 5) is 0. The Morgan fingerprint density at radius 2 is 0.467 bits per heavy atom. The first kappa shape index (κ1) is 60.0. The summed E-state index contributed by atoms with van der Waals surface area (Å²) in [7, 11) is 0. The van der Waals surface area contributed by atoms with Gasteiger partial charge in [0, 0.05) is 0 Å². The molecular formula is C6CsFeN6Ni-5. The van der Waals surface area contributed by atoms with Gasteiger partial charge >= 0.3 is 95.8 Å². The number of hydrogen-bond donors (Lipinski definition) is 0. The van der Waals surface area contributed by atoms with Gasteiger partial charge in [-0.3, -0.25) is 0 Å². The van der Waals surface area contributed by atoms with Crippen molar-refractivity contribution in [2.45, 2.75) is 0 Å². The Hall–Kier alpha value is 0.00494. The van der Waals surface area contributed by atoms with Crippen LogP contribution in [0.1, 0.15) is 0 Å². The summed E-state index contributed by atoms with van der Waals surface area (Å²) >= 11 is 6.50. The fourth-order valence-electron chi connectivity index (χ4n) is 0. The average Bonchev–Trinajstić information content (AvgIpc) is 2.45. The zero-order valence-electron chi connectivity index (χ0n) is 7.35. The maximum absolute atomic E-state index is 6.25. The molecule has 0 amide bonds. The van der Waals surface area contributed by atoms with Crippen LogP contribution in [0.3, 0.4) is 0 Å². The van der Waals surface area contributed by atoms with Crippen molar-refractivity contribution < 1.29 is 95.8 Å². The molecule has 9 heteroatoms. The molecule has 0 aromatic heterocycles. The van der Waals surface area contributed by atoms with E-state index < -0.39 is 0 Å². The second-order valence-corrected chi connectivity index (χ2v) is 0. The van der Waals surface area contributed by atoms with Gasteiger partial charge in [0.2, 0.25) is 0 Å². The molecule has 6 nitrogen and oxygen atoms in total. The van der Waals surface area contributed by atoms with Gasteiger partial charge in [0.25, 0.3) is 0 Å². The van der Waals surface area contributed by atoms with Crippen LogP contribution in [0.25, 0.3) is 0 Å². The topological polar surface area (TPSA) is 143 Å². The van der Waals surface area contributed by atoms with Crippen LogP contribution in [0.15, 0.2) is 0 Å².